The Balaban J connectivity index is 2.51. The van der Waals surface area contributed by atoms with Crippen molar-refractivity contribution in [2.75, 3.05) is 26.3 Å². The highest BCUT2D eigenvalue weighted by Gasteiger charge is 2.25. The van der Waals surface area contributed by atoms with Crippen LogP contribution in [0.15, 0.2) is 5.16 Å². The van der Waals surface area contributed by atoms with Crippen LogP contribution in [-0.4, -0.2) is 59.5 Å². The van der Waals surface area contributed by atoms with E-state index in [1.165, 1.54) is 0 Å². The summed E-state index contributed by atoms with van der Waals surface area (Å²) < 4.78 is 5.29. The molecule has 2 unspecified atom stereocenters. The van der Waals surface area contributed by atoms with Gasteiger partial charge in [-0.25, -0.2) is 0 Å². The van der Waals surface area contributed by atoms with E-state index in [0.29, 0.717) is 13.2 Å². The molecule has 0 aromatic rings. The van der Waals surface area contributed by atoms with Gasteiger partial charge in [0.05, 0.1) is 25.4 Å². The minimum absolute atomic E-state index is 0.000603. The summed E-state index contributed by atoms with van der Waals surface area (Å²) in [7, 11) is 0. The van der Waals surface area contributed by atoms with Crippen LogP contribution in [0, 0.1) is 0 Å². The predicted molar refractivity (Wildman–Crippen MR) is 51.3 cm³/mol. The second kappa shape index (κ2) is 5.14. The van der Waals surface area contributed by atoms with Crippen LogP contribution >= 0.6 is 0 Å². The Bertz CT molecular complexity index is 210. The summed E-state index contributed by atoms with van der Waals surface area (Å²) in [4.78, 5) is 2.01. The Hall–Kier alpha value is -0.850. The molecule has 0 radical (unpaired) electrons. The standard InChI is InChI=1S/C8H17N3O3/c1-6(8(9)10-13)11-2-3-14-7(4-11)5-12/h6-7,12-13H,2-5H2,1H3,(H2,9,10). The van der Waals surface area contributed by atoms with E-state index < -0.39 is 0 Å². The van der Waals surface area contributed by atoms with E-state index >= 15 is 0 Å². The van der Waals surface area contributed by atoms with Gasteiger partial charge in [-0.1, -0.05) is 5.16 Å². The summed E-state index contributed by atoms with van der Waals surface area (Å²) in [6, 6.07) is -0.127. The molecule has 6 nitrogen and oxygen atoms in total. The average Bonchev–Trinajstić information content (AvgIpc) is 2.27. The number of nitrogens with two attached hydrogens (primary N) is 1. The summed E-state index contributed by atoms with van der Waals surface area (Å²) in [5.41, 5.74) is 5.49. The van der Waals surface area contributed by atoms with Gasteiger partial charge in [0.1, 0.15) is 0 Å². The van der Waals surface area contributed by atoms with Crippen LogP contribution in [-0.2, 0) is 4.74 Å². The minimum atomic E-state index is -0.169. The maximum atomic E-state index is 8.92. The zero-order valence-corrected chi connectivity index (χ0v) is 8.26. The minimum Gasteiger partial charge on any atom is -0.409 e. The van der Waals surface area contributed by atoms with Gasteiger partial charge in [0, 0.05) is 13.1 Å². The van der Waals surface area contributed by atoms with Crippen molar-refractivity contribution >= 4 is 5.84 Å². The summed E-state index contributed by atoms with van der Waals surface area (Å²) in [5, 5.41) is 20.4. The number of hydrogen-bond donors (Lipinski definition) is 3. The molecule has 0 saturated carbocycles. The Kier molecular flexibility index (Phi) is 4.12. The fourth-order valence-corrected chi connectivity index (χ4v) is 1.47. The fraction of sp³-hybridized carbons (Fsp3) is 0.875. The molecule has 0 amide bonds. The molecular formula is C8H17N3O3. The van der Waals surface area contributed by atoms with E-state index in [2.05, 4.69) is 5.16 Å². The molecule has 6 heteroatoms. The number of ether oxygens (including phenoxy) is 1. The third kappa shape index (κ3) is 2.57. The lowest BCUT2D eigenvalue weighted by atomic mass is 10.2. The van der Waals surface area contributed by atoms with Gasteiger partial charge in [-0.15, -0.1) is 0 Å². The van der Waals surface area contributed by atoms with Crippen LogP contribution in [0.2, 0.25) is 0 Å². The highest BCUT2D eigenvalue weighted by molar-refractivity contribution is 5.84. The van der Waals surface area contributed by atoms with Gasteiger partial charge < -0.3 is 20.8 Å². The first-order valence-electron chi connectivity index (χ1n) is 4.63. The molecule has 0 aliphatic carbocycles. The van der Waals surface area contributed by atoms with Crippen molar-refractivity contribution in [3.05, 3.63) is 0 Å². The van der Waals surface area contributed by atoms with Crippen molar-refractivity contribution in [2.45, 2.75) is 19.1 Å². The third-order valence-corrected chi connectivity index (χ3v) is 2.47. The van der Waals surface area contributed by atoms with Crippen LogP contribution < -0.4 is 5.73 Å². The number of aliphatic hydroxyl groups excluding tert-OH is 1. The van der Waals surface area contributed by atoms with Crippen molar-refractivity contribution < 1.29 is 15.1 Å². The third-order valence-electron chi connectivity index (χ3n) is 2.47. The molecule has 2 atom stereocenters. The monoisotopic (exact) mass is 203 g/mol. The lowest BCUT2D eigenvalue weighted by Gasteiger charge is -2.35. The Morgan fingerprint density at radius 2 is 2.50 bits per heavy atom. The second-order valence-electron chi connectivity index (χ2n) is 3.37. The van der Waals surface area contributed by atoms with Crippen molar-refractivity contribution in [1.29, 1.82) is 0 Å². The fourth-order valence-electron chi connectivity index (χ4n) is 1.47. The molecule has 1 saturated heterocycles. The SMILES string of the molecule is CC(C(N)=NO)N1CCOC(CO)C1. The van der Waals surface area contributed by atoms with Crippen LogP contribution in [0.1, 0.15) is 6.92 Å². The Morgan fingerprint density at radius 3 is 3.07 bits per heavy atom. The molecule has 1 aliphatic rings. The molecule has 82 valence electrons. The van der Waals surface area contributed by atoms with Gasteiger partial charge in [-0.05, 0) is 6.92 Å². The maximum Gasteiger partial charge on any atom is 0.156 e. The van der Waals surface area contributed by atoms with Gasteiger partial charge >= 0.3 is 0 Å². The molecule has 14 heavy (non-hydrogen) atoms. The van der Waals surface area contributed by atoms with Crippen molar-refractivity contribution in [1.82, 2.24) is 4.90 Å². The quantitative estimate of drug-likeness (QED) is 0.232. The molecule has 0 spiro atoms. The number of aliphatic hydroxyl groups is 1. The van der Waals surface area contributed by atoms with Gasteiger partial charge in [-0.2, -0.15) is 0 Å². The maximum absolute atomic E-state index is 8.92. The van der Waals surface area contributed by atoms with Crippen LogP contribution in [0.25, 0.3) is 0 Å². The van der Waals surface area contributed by atoms with E-state index in [4.69, 9.17) is 20.8 Å². The van der Waals surface area contributed by atoms with Crippen molar-refractivity contribution in [3.8, 4) is 0 Å². The highest BCUT2D eigenvalue weighted by atomic mass is 16.5. The summed E-state index contributed by atoms with van der Waals surface area (Å²) in [6.07, 6.45) is -0.169. The highest BCUT2D eigenvalue weighted by Crippen LogP contribution is 2.08. The first-order valence-corrected chi connectivity index (χ1v) is 4.63. The number of oxime groups is 1. The number of rotatable bonds is 3. The smallest absolute Gasteiger partial charge is 0.156 e. The van der Waals surface area contributed by atoms with Gasteiger partial charge in [0.2, 0.25) is 0 Å². The van der Waals surface area contributed by atoms with Crippen LogP contribution in [0.5, 0.6) is 0 Å². The molecule has 1 rings (SSSR count). The zero-order valence-electron chi connectivity index (χ0n) is 8.26. The molecule has 0 aromatic heterocycles. The lowest BCUT2D eigenvalue weighted by Crippen LogP contribution is -2.52. The van der Waals surface area contributed by atoms with Crippen molar-refractivity contribution in [3.63, 3.8) is 0 Å². The molecule has 1 aliphatic heterocycles. The van der Waals surface area contributed by atoms with Crippen LogP contribution in [0.4, 0.5) is 0 Å². The molecule has 0 bridgehead atoms. The zero-order chi connectivity index (χ0) is 10.6. The predicted octanol–water partition coefficient (Wildman–Crippen LogP) is -1.19. The normalized spacial score (nSPS) is 27.6. The molecular weight excluding hydrogens is 186 g/mol. The van der Waals surface area contributed by atoms with E-state index in [0.717, 1.165) is 6.54 Å². The molecule has 4 N–H and O–H groups in total. The van der Waals surface area contributed by atoms with E-state index in [-0.39, 0.29) is 24.6 Å². The topological polar surface area (TPSA) is 91.3 Å². The van der Waals surface area contributed by atoms with Crippen molar-refractivity contribution in [2.24, 2.45) is 10.9 Å². The van der Waals surface area contributed by atoms with Gasteiger partial charge in [-0.3, -0.25) is 4.90 Å². The number of nitrogens with zero attached hydrogens (tertiary/aromatic N) is 2. The van der Waals surface area contributed by atoms with E-state index in [1.54, 1.807) is 0 Å². The molecule has 1 heterocycles. The van der Waals surface area contributed by atoms with E-state index in [1.807, 2.05) is 11.8 Å². The number of morpholine rings is 1. The average molecular weight is 203 g/mol. The second-order valence-corrected chi connectivity index (χ2v) is 3.37. The molecule has 1 fully saturated rings. The van der Waals surface area contributed by atoms with Crippen LogP contribution in [0.3, 0.4) is 0 Å². The Labute approximate surface area is 82.9 Å². The van der Waals surface area contributed by atoms with E-state index in [9.17, 15) is 0 Å². The molecule has 0 aromatic carbocycles. The number of amidine groups is 1. The number of hydrogen-bond acceptors (Lipinski definition) is 5. The lowest BCUT2D eigenvalue weighted by molar-refractivity contribution is -0.0566. The summed E-state index contributed by atoms with van der Waals surface area (Å²) >= 11 is 0. The van der Waals surface area contributed by atoms with Gasteiger partial charge in [0.15, 0.2) is 5.84 Å². The first kappa shape index (κ1) is 11.2. The Morgan fingerprint density at radius 1 is 1.79 bits per heavy atom. The first-order chi connectivity index (χ1) is 6.69. The largest absolute Gasteiger partial charge is 0.409 e. The summed E-state index contributed by atoms with van der Waals surface area (Å²) in [5.74, 6) is 0.184. The summed E-state index contributed by atoms with van der Waals surface area (Å²) in [6.45, 7) is 3.75. The van der Waals surface area contributed by atoms with Gasteiger partial charge in [0.25, 0.3) is 0 Å².